The van der Waals surface area contributed by atoms with E-state index in [1.54, 1.807) is 38.4 Å². The van der Waals surface area contributed by atoms with Gasteiger partial charge in [0.15, 0.2) is 11.5 Å². The van der Waals surface area contributed by atoms with Crippen molar-refractivity contribution in [3.8, 4) is 17.2 Å². The summed E-state index contributed by atoms with van der Waals surface area (Å²) in [6.07, 6.45) is 0. The van der Waals surface area contributed by atoms with Gasteiger partial charge in [0.1, 0.15) is 50.8 Å². The van der Waals surface area contributed by atoms with Crippen LogP contribution in [0.3, 0.4) is 0 Å². The molecule has 2 aromatic rings. The lowest BCUT2D eigenvalue weighted by Gasteiger charge is -2.30. The van der Waals surface area contributed by atoms with Crippen LogP contribution in [0, 0.1) is 5.82 Å². The molecule has 27 heavy (non-hydrogen) atoms. The van der Waals surface area contributed by atoms with Crippen molar-refractivity contribution in [3.63, 3.8) is 0 Å². The van der Waals surface area contributed by atoms with Crippen LogP contribution in [0.2, 0.25) is 0 Å². The van der Waals surface area contributed by atoms with E-state index in [2.05, 4.69) is 0 Å². The lowest BCUT2D eigenvalue weighted by molar-refractivity contribution is -1.02. The molecule has 146 valence electrons. The normalized spacial score (nSPS) is 19.6. The second kappa shape index (κ2) is 9.06. The third-order valence-electron chi connectivity index (χ3n) is 5.26. The molecule has 0 amide bonds. The minimum atomic E-state index is -0.174. The smallest absolute Gasteiger partial charge is 0.164 e. The Balaban J connectivity index is 1.59. The first-order chi connectivity index (χ1) is 13.1. The number of quaternary nitrogens is 2. The Morgan fingerprint density at radius 2 is 1.26 bits per heavy atom. The average molecular weight is 376 g/mol. The summed E-state index contributed by atoms with van der Waals surface area (Å²) in [5, 5.41) is 0. The highest BCUT2D eigenvalue weighted by Gasteiger charge is 2.25. The van der Waals surface area contributed by atoms with Crippen molar-refractivity contribution in [1.82, 2.24) is 0 Å². The summed E-state index contributed by atoms with van der Waals surface area (Å²) >= 11 is 0. The Hall–Kier alpha value is -2.31. The summed E-state index contributed by atoms with van der Waals surface area (Å²) in [6.45, 7) is 6.23. The fraction of sp³-hybridized carbons (Fsp3) is 0.429. The van der Waals surface area contributed by atoms with E-state index >= 15 is 0 Å². The fourth-order valence-electron chi connectivity index (χ4n) is 3.70. The van der Waals surface area contributed by atoms with Crippen LogP contribution in [0.25, 0.3) is 0 Å². The van der Waals surface area contributed by atoms with Crippen LogP contribution in [0.1, 0.15) is 11.1 Å². The topological polar surface area (TPSA) is 36.6 Å². The van der Waals surface area contributed by atoms with Gasteiger partial charge in [0.25, 0.3) is 0 Å². The van der Waals surface area contributed by atoms with Crippen LogP contribution in [0.4, 0.5) is 4.39 Å². The highest BCUT2D eigenvalue weighted by atomic mass is 19.1. The molecule has 1 heterocycles. The molecule has 2 aromatic carbocycles. The lowest BCUT2D eigenvalue weighted by Crippen LogP contribution is -3.27. The van der Waals surface area contributed by atoms with Crippen LogP contribution < -0.4 is 24.0 Å². The summed E-state index contributed by atoms with van der Waals surface area (Å²) in [5.74, 6) is 2.07. The molecule has 0 aromatic heterocycles. The molecular weight excluding hydrogens is 347 g/mol. The van der Waals surface area contributed by atoms with Crippen molar-refractivity contribution in [3.05, 3.63) is 53.3 Å². The number of benzene rings is 2. The molecule has 5 nitrogen and oxygen atoms in total. The molecule has 0 saturated carbocycles. The molecule has 0 spiro atoms. The van der Waals surface area contributed by atoms with Gasteiger partial charge in [0.05, 0.1) is 26.9 Å². The molecule has 0 unspecified atom stereocenters. The molecule has 0 aliphatic carbocycles. The summed E-state index contributed by atoms with van der Waals surface area (Å²) in [5.41, 5.74) is 2.32. The Morgan fingerprint density at radius 3 is 1.81 bits per heavy atom. The van der Waals surface area contributed by atoms with E-state index in [0.29, 0.717) is 5.75 Å². The third-order valence-corrected chi connectivity index (χ3v) is 5.26. The van der Waals surface area contributed by atoms with Gasteiger partial charge in [-0.3, -0.25) is 0 Å². The highest BCUT2D eigenvalue weighted by molar-refractivity contribution is 5.50. The van der Waals surface area contributed by atoms with Crippen molar-refractivity contribution in [2.24, 2.45) is 0 Å². The van der Waals surface area contributed by atoms with Gasteiger partial charge in [-0.1, -0.05) is 12.1 Å². The fourth-order valence-corrected chi connectivity index (χ4v) is 3.70. The average Bonchev–Trinajstić information content (AvgIpc) is 2.70. The maximum absolute atomic E-state index is 13.0. The number of ether oxygens (including phenoxy) is 3. The number of rotatable bonds is 7. The van der Waals surface area contributed by atoms with E-state index in [9.17, 15) is 4.39 Å². The molecule has 1 fully saturated rings. The SMILES string of the molecule is COc1cc(OC)c(OC)cc1C[NH+]1CC[NH+](Cc2ccc(F)cc2)CC1. The van der Waals surface area contributed by atoms with E-state index < -0.39 is 0 Å². The quantitative estimate of drug-likeness (QED) is 0.732. The zero-order valence-electron chi connectivity index (χ0n) is 16.3. The number of piperazine rings is 1. The number of hydrogen-bond donors (Lipinski definition) is 2. The van der Waals surface area contributed by atoms with Gasteiger partial charge in [-0.05, 0) is 18.2 Å². The summed E-state index contributed by atoms with van der Waals surface area (Å²) in [6, 6.07) is 10.8. The van der Waals surface area contributed by atoms with Crippen LogP contribution in [0.5, 0.6) is 17.2 Å². The zero-order chi connectivity index (χ0) is 19.2. The minimum absolute atomic E-state index is 0.174. The summed E-state index contributed by atoms with van der Waals surface area (Å²) in [7, 11) is 4.97. The van der Waals surface area contributed by atoms with E-state index in [4.69, 9.17) is 14.2 Å². The van der Waals surface area contributed by atoms with Crippen molar-refractivity contribution in [2.75, 3.05) is 47.5 Å². The van der Waals surface area contributed by atoms with Crippen LogP contribution in [-0.2, 0) is 13.1 Å². The van der Waals surface area contributed by atoms with Gasteiger partial charge in [0, 0.05) is 11.6 Å². The second-order valence-corrected chi connectivity index (χ2v) is 7.00. The first-order valence-corrected chi connectivity index (χ1v) is 9.33. The third kappa shape index (κ3) is 4.90. The Bertz CT molecular complexity index is 744. The number of hydrogen-bond acceptors (Lipinski definition) is 3. The van der Waals surface area contributed by atoms with Crippen molar-refractivity contribution in [1.29, 1.82) is 0 Å². The van der Waals surface area contributed by atoms with Gasteiger partial charge in [-0.25, -0.2) is 4.39 Å². The molecule has 0 radical (unpaired) electrons. The van der Waals surface area contributed by atoms with E-state index in [-0.39, 0.29) is 5.82 Å². The zero-order valence-corrected chi connectivity index (χ0v) is 16.3. The van der Waals surface area contributed by atoms with Crippen molar-refractivity contribution < 1.29 is 28.4 Å². The molecule has 3 rings (SSSR count). The van der Waals surface area contributed by atoms with Crippen LogP contribution in [-0.4, -0.2) is 47.5 Å². The molecule has 6 heteroatoms. The highest BCUT2D eigenvalue weighted by Crippen LogP contribution is 2.34. The number of halogens is 1. The summed E-state index contributed by atoms with van der Waals surface area (Å²) in [4.78, 5) is 3.08. The van der Waals surface area contributed by atoms with Crippen LogP contribution in [0.15, 0.2) is 36.4 Å². The first-order valence-electron chi connectivity index (χ1n) is 9.33. The summed E-state index contributed by atoms with van der Waals surface area (Å²) < 4.78 is 29.4. The van der Waals surface area contributed by atoms with Crippen molar-refractivity contribution >= 4 is 0 Å². The van der Waals surface area contributed by atoms with Gasteiger partial charge in [-0.15, -0.1) is 0 Å². The van der Waals surface area contributed by atoms with E-state index in [0.717, 1.165) is 56.3 Å². The lowest BCUT2D eigenvalue weighted by atomic mass is 10.1. The molecule has 2 N–H and O–H groups in total. The van der Waals surface area contributed by atoms with E-state index in [1.807, 2.05) is 24.3 Å². The molecule has 1 saturated heterocycles. The minimum Gasteiger partial charge on any atom is -0.496 e. The Morgan fingerprint density at radius 1 is 0.741 bits per heavy atom. The van der Waals surface area contributed by atoms with Crippen molar-refractivity contribution in [2.45, 2.75) is 13.1 Å². The second-order valence-electron chi connectivity index (χ2n) is 7.00. The number of methoxy groups -OCH3 is 3. The maximum Gasteiger partial charge on any atom is 0.164 e. The largest absolute Gasteiger partial charge is 0.496 e. The predicted octanol–water partition coefficient (Wildman–Crippen LogP) is 0.335. The Labute approximate surface area is 160 Å². The molecule has 0 bridgehead atoms. The van der Waals surface area contributed by atoms with Crippen LogP contribution >= 0.6 is 0 Å². The molecule has 1 aliphatic rings. The standard InChI is InChI=1S/C21H27FN2O3/c1-25-19-13-21(27-3)20(26-2)12-17(19)15-24-10-8-23(9-11-24)14-16-4-6-18(22)7-5-16/h4-7,12-13H,8-11,14-15H2,1-3H3/p+2. The molecular formula is C21H29FN2O3+2. The van der Waals surface area contributed by atoms with Gasteiger partial charge >= 0.3 is 0 Å². The van der Waals surface area contributed by atoms with Gasteiger partial charge in [0.2, 0.25) is 0 Å². The van der Waals surface area contributed by atoms with Gasteiger partial charge in [-0.2, -0.15) is 0 Å². The van der Waals surface area contributed by atoms with E-state index in [1.165, 1.54) is 10.5 Å². The first kappa shape index (κ1) is 19.5. The Kier molecular flexibility index (Phi) is 6.53. The molecule has 0 atom stereocenters. The van der Waals surface area contributed by atoms with Gasteiger partial charge < -0.3 is 24.0 Å². The monoisotopic (exact) mass is 376 g/mol. The number of nitrogens with one attached hydrogen (secondary N) is 2. The maximum atomic E-state index is 13.0. The predicted molar refractivity (Wildman–Crippen MR) is 101 cm³/mol. The molecule has 1 aliphatic heterocycles.